The van der Waals surface area contributed by atoms with Crippen LogP contribution in [0, 0.1) is 13.8 Å². The molecule has 1 saturated carbocycles. The van der Waals surface area contributed by atoms with E-state index in [9.17, 15) is 0 Å². The number of hydrogen-bond acceptors (Lipinski definition) is 4. The van der Waals surface area contributed by atoms with Crippen molar-refractivity contribution in [1.29, 1.82) is 0 Å². The van der Waals surface area contributed by atoms with E-state index in [0.29, 0.717) is 0 Å². The molecule has 0 saturated heterocycles. The number of aromatic nitrogens is 1. The molecule has 0 unspecified atom stereocenters. The van der Waals surface area contributed by atoms with Gasteiger partial charge in [0.25, 0.3) is 0 Å². The molecule has 24 heavy (non-hydrogen) atoms. The van der Waals surface area contributed by atoms with Gasteiger partial charge in [-0.2, -0.15) is 0 Å². The summed E-state index contributed by atoms with van der Waals surface area (Å²) in [5.41, 5.74) is 1.16. The van der Waals surface area contributed by atoms with Crippen LogP contribution < -0.4 is 10.6 Å². The van der Waals surface area contributed by atoms with Gasteiger partial charge >= 0.3 is 0 Å². The highest BCUT2D eigenvalue weighted by Gasteiger charge is 2.18. The van der Waals surface area contributed by atoms with Gasteiger partial charge in [-0.05, 0) is 40.7 Å². The summed E-state index contributed by atoms with van der Waals surface area (Å²) in [6.07, 6.45) is 6.43. The van der Waals surface area contributed by atoms with Crippen LogP contribution in [0.2, 0.25) is 0 Å². The molecule has 0 atom stereocenters. The third kappa shape index (κ3) is 6.06. The molecule has 2 N–H and O–H groups in total. The Bertz CT molecular complexity index is 500. The molecule has 0 bridgehead atoms. The quantitative estimate of drug-likeness (QED) is 0.558. The minimum absolute atomic E-state index is 0.770. The average molecular weight is 352 g/mol. The Morgan fingerprint density at radius 1 is 1.29 bits per heavy atom. The highest BCUT2D eigenvalue weighted by atomic mass is 32.1. The Kier molecular flexibility index (Phi) is 7.99. The number of likely N-dealkylation sites (N-methyl/N-ethyl adjacent to an activating group) is 1. The van der Waals surface area contributed by atoms with Gasteiger partial charge in [0.15, 0.2) is 5.96 Å². The smallest absolute Gasteiger partial charge is 0.191 e. The van der Waals surface area contributed by atoms with E-state index in [4.69, 9.17) is 4.99 Å². The minimum Gasteiger partial charge on any atom is -0.357 e. The molecule has 136 valence electrons. The number of nitrogens with one attached hydrogen (secondary N) is 2. The summed E-state index contributed by atoms with van der Waals surface area (Å²) in [4.78, 5) is 13.1. The number of hydrogen-bond donors (Lipinski definition) is 2. The van der Waals surface area contributed by atoms with Crippen molar-refractivity contribution < 1.29 is 0 Å². The number of rotatable bonds is 8. The van der Waals surface area contributed by atoms with Gasteiger partial charge in [-0.3, -0.25) is 4.99 Å². The Morgan fingerprint density at radius 3 is 2.67 bits per heavy atom. The lowest BCUT2D eigenvalue weighted by Crippen LogP contribution is -2.39. The SMILES string of the molecule is CCNC(=NCCN(C)C1CCCC1)NCCc1nc(C)c(C)s1. The van der Waals surface area contributed by atoms with Crippen molar-refractivity contribution in [3.63, 3.8) is 0 Å². The first-order valence-electron chi connectivity index (χ1n) is 9.25. The van der Waals surface area contributed by atoms with Crippen LogP contribution in [0.5, 0.6) is 0 Å². The van der Waals surface area contributed by atoms with Gasteiger partial charge in [0.1, 0.15) is 0 Å². The molecule has 0 radical (unpaired) electrons. The molecular formula is C18H33N5S. The van der Waals surface area contributed by atoms with Crippen LogP contribution in [0.1, 0.15) is 48.2 Å². The zero-order valence-electron chi connectivity index (χ0n) is 15.7. The molecule has 1 aliphatic carbocycles. The second-order valence-corrected chi connectivity index (χ2v) is 7.89. The van der Waals surface area contributed by atoms with Crippen molar-refractivity contribution in [3.8, 4) is 0 Å². The summed E-state index contributed by atoms with van der Waals surface area (Å²) >= 11 is 1.80. The molecule has 1 aromatic heterocycles. The monoisotopic (exact) mass is 351 g/mol. The van der Waals surface area contributed by atoms with E-state index in [1.54, 1.807) is 11.3 Å². The molecule has 2 rings (SSSR count). The highest BCUT2D eigenvalue weighted by molar-refractivity contribution is 7.11. The Hall–Kier alpha value is -1.14. The molecular weight excluding hydrogens is 318 g/mol. The summed E-state index contributed by atoms with van der Waals surface area (Å²) in [7, 11) is 2.24. The maximum absolute atomic E-state index is 4.71. The Morgan fingerprint density at radius 2 is 2.04 bits per heavy atom. The van der Waals surface area contributed by atoms with E-state index in [1.165, 1.54) is 35.6 Å². The van der Waals surface area contributed by atoms with Crippen molar-refractivity contribution in [2.45, 2.75) is 58.9 Å². The summed E-state index contributed by atoms with van der Waals surface area (Å²) in [6, 6.07) is 0.770. The molecule has 0 aromatic carbocycles. The number of thiazole rings is 1. The van der Waals surface area contributed by atoms with Crippen molar-refractivity contribution >= 4 is 17.3 Å². The molecule has 5 nitrogen and oxygen atoms in total. The first-order valence-corrected chi connectivity index (χ1v) is 10.1. The van der Waals surface area contributed by atoms with Crippen molar-refractivity contribution in [1.82, 2.24) is 20.5 Å². The summed E-state index contributed by atoms with van der Waals surface area (Å²) in [5, 5.41) is 7.96. The topological polar surface area (TPSA) is 52.6 Å². The summed E-state index contributed by atoms with van der Waals surface area (Å²) < 4.78 is 0. The zero-order chi connectivity index (χ0) is 17.4. The molecule has 6 heteroatoms. The van der Waals surface area contributed by atoms with Crippen LogP contribution in [0.15, 0.2) is 4.99 Å². The van der Waals surface area contributed by atoms with Gasteiger partial charge in [-0.1, -0.05) is 12.8 Å². The van der Waals surface area contributed by atoms with Gasteiger partial charge in [-0.15, -0.1) is 11.3 Å². The van der Waals surface area contributed by atoms with Crippen LogP contribution in [-0.4, -0.2) is 55.1 Å². The van der Waals surface area contributed by atoms with E-state index in [0.717, 1.165) is 50.3 Å². The lowest BCUT2D eigenvalue weighted by molar-refractivity contribution is 0.252. The number of aryl methyl sites for hydroxylation is 2. The van der Waals surface area contributed by atoms with Gasteiger partial charge in [-0.25, -0.2) is 4.98 Å². The Labute approximate surface area is 151 Å². The molecule has 0 spiro atoms. The first kappa shape index (κ1) is 19.2. The van der Waals surface area contributed by atoms with Gasteiger partial charge in [0, 0.05) is 37.0 Å². The standard InChI is InChI=1S/C18H33N5S/c1-5-19-18(20-11-10-17-22-14(2)15(3)24-17)21-12-13-23(4)16-8-6-7-9-16/h16H,5-13H2,1-4H3,(H2,19,20,21). The van der Waals surface area contributed by atoms with E-state index < -0.39 is 0 Å². The number of aliphatic imine (C=N–C) groups is 1. The fraction of sp³-hybridized carbons (Fsp3) is 0.778. The van der Waals surface area contributed by atoms with E-state index in [-0.39, 0.29) is 0 Å². The maximum atomic E-state index is 4.71. The van der Waals surface area contributed by atoms with Crippen LogP contribution in [0.4, 0.5) is 0 Å². The lowest BCUT2D eigenvalue weighted by Gasteiger charge is -2.23. The van der Waals surface area contributed by atoms with Gasteiger partial charge < -0.3 is 15.5 Å². The van der Waals surface area contributed by atoms with Crippen molar-refractivity contribution in [2.24, 2.45) is 4.99 Å². The fourth-order valence-electron chi connectivity index (χ4n) is 3.12. The second-order valence-electron chi connectivity index (χ2n) is 6.61. The van der Waals surface area contributed by atoms with Crippen LogP contribution >= 0.6 is 11.3 Å². The fourth-order valence-corrected chi connectivity index (χ4v) is 4.06. The molecule has 0 aliphatic heterocycles. The lowest BCUT2D eigenvalue weighted by atomic mass is 10.2. The minimum atomic E-state index is 0.770. The van der Waals surface area contributed by atoms with Crippen molar-refractivity contribution in [3.05, 3.63) is 15.6 Å². The van der Waals surface area contributed by atoms with Crippen molar-refractivity contribution in [2.75, 3.05) is 33.2 Å². The first-order chi connectivity index (χ1) is 11.6. The predicted molar refractivity (Wildman–Crippen MR) is 104 cm³/mol. The van der Waals surface area contributed by atoms with Gasteiger partial charge in [0.2, 0.25) is 0 Å². The molecule has 1 aliphatic rings. The van der Waals surface area contributed by atoms with E-state index >= 15 is 0 Å². The van der Waals surface area contributed by atoms with Gasteiger partial charge in [0.05, 0.1) is 17.2 Å². The van der Waals surface area contributed by atoms with Crippen LogP contribution in [0.3, 0.4) is 0 Å². The molecule has 1 heterocycles. The Balaban J connectivity index is 1.73. The number of guanidine groups is 1. The van der Waals surface area contributed by atoms with Crippen LogP contribution in [0.25, 0.3) is 0 Å². The average Bonchev–Trinajstić information content (AvgIpc) is 3.18. The number of nitrogens with zero attached hydrogens (tertiary/aromatic N) is 3. The predicted octanol–water partition coefficient (Wildman–Crippen LogP) is 2.73. The molecule has 1 fully saturated rings. The molecule has 0 amide bonds. The van der Waals surface area contributed by atoms with E-state index in [2.05, 4.69) is 48.3 Å². The summed E-state index contributed by atoms with van der Waals surface area (Å²) in [6.45, 7) is 9.96. The third-order valence-corrected chi connectivity index (χ3v) is 5.85. The largest absolute Gasteiger partial charge is 0.357 e. The second kappa shape index (κ2) is 9.99. The van der Waals surface area contributed by atoms with E-state index in [1.807, 2.05) is 0 Å². The highest BCUT2D eigenvalue weighted by Crippen LogP contribution is 2.21. The zero-order valence-corrected chi connectivity index (χ0v) is 16.5. The normalized spacial score (nSPS) is 16.1. The molecule has 1 aromatic rings. The van der Waals surface area contributed by atoms with Crippen LogP contribution in [-0.2, 0) is 6.42 Å². The summed E-state index contributed by atoms with van der Waals surface area (Å²) in [5.74, 6) is 0.919. The maximum Gasteiger partial charge on any atom is 0.191 e. The third-order valence-electron chi connectivity index (χ3n) is 4.72.